The van der Waals surface area contributed by atoms with Crippen molar-refractivity contribution < 1.29 is 14.0 Å². The van der Waals surface area contributed by atoms with E-state index in [0.29, 0.717) is 6.42 Å². The maximum Gasteiger partial charge on any atom is 0.257 e. The van der Waals surface area contributed by atoms with E-state index in [4.69, 9.17) is 0 Å². The molecular weight excluding hydrogens is 333 g/mol. The smallest absolute Gasteiger partial charge is 0.257 e. The van der Waals surface area contributed by atoms with Crippen molar-refractivity contribution in [3.8, 4) is 0 Å². The minimum absolute atomic E-state index is 0.177. The van der Waals surface area contributed by atoms with Gasteiger partial charge in [0.1, 0.15) is 5.82 Å². The third-order valence-electron chi connectivity index (χ3n) is 4.41. The third kappa shape index (κ3) is 4.81. The van der Waals surface area contributed by atoms with Gasteiger partial charge in [-0.1, -0.05) is 30.3 Å². The van der Waals surface area contributed by atoms with E-state index in [-0.39, 0.29) is 30.6 Å². The second-order valence-electron chi connectivity index (χ2n) is 6.38. The Morgan fingerprint density at radius 1 is 1.04 bits per heavy atom. The predicted molar refractivity (Wildman–Crippen MR) is 98.0 cm³/mol. The fraction of sp³-hybridized carbons (Fsp3) is 0.300. The lowest BCUT2D eigenvalue weighted by atomic mass is 10.0. The number of aryl methyl sites for hydroxylation is 2. The van der Waals surface area contributed by atoms with E-state index >= 15 is 0 Å². The van der Waals surface area contributed by atoms with Crippen LogP contribution in [0.5, 0.6) is 0 Å². The van der Waals surface area contributed by atoms with Crippen LogP contribution < -0.4 is 15.8 Å². The van der Waals surface area contributed by atoms with Crippen molar-refractivity contribution in [1.82, 2.24) is 10.9 Å². The fourth-order valence-electron chi connectivity index (χ4n) is 3.14. The molecule has 1 aliphatic rings. The molecule has 136 valence electrons. The summed E-state index contributed by atoms with van der Waals surface area (Å²) in [4.78, 5) is 26.0. The lowest BCUT2D eigenvalue weighted by Crippen LogP contribution is -2.47. The van der Waals surface area contributed by atoms with Gasteiger partial charge in [0.05, 0.1) is 6.54 Å². The Morgan fingerprint density at radius 2 is 1.85 bits per heavy atom. The van der Waals surface area contributed by atoms with E-state index in [9.17, 15) is 14.0 Å². The first-order valence-corrected chi connectivity index (χ1v) is 8.77. The van der Waals surface area contributed by atoms with Crippen molar-refractivity contribution in [2.75, 3.05) is 18.0 Å². The van der Waals surface area contributed by atoms with Crippen LogP contribution in [0.25, 0.3) is 0 Å². The second kappa shape index (κ2) is 8.47. The van der Waals surface area contributed by atoms with Gasteiger partial charge in [-0.05, 0) is 48.6 Å². The van der Waals surface area contributed by atoms with E-state index in [2.05, 4.69) is 16.9 Å². The highest BCUT2D eigenvalue weighted by atomic mass is 19.1. The molecule has 0 aliphatic carbocycles. The number of para-hydroxylation sites is 1. The van der Waals surface area contributed by atoms with Crippen LogP contribution in [-0.4, -0.2) is 24.9 Å². The van der Waals surface area contributed by atoms with Crippen molar-refractivity contribution in [3.05, 3.63) is 65.5 Å². The van der Waals surface area contributed by atoms with Gasteiger partial charge < -0.3 is 4.90 Å². The van der Waals surface area contributed by atoms with Crippen LogP contribution in [0.2, 0.25) is 0 Å². The molecule has 5 nitrogen and oxygen atoms in total. The highest BCUT2D eigenvalue weighted by Gasteiger charge is 2.18. The molecule has 26 heavy (non-hydrogen) atoms. The zero-order valence-corrected chi connectivity index (χ0v) is 14.5. The number of nitrogens with zero attached hydrogens (tertiary/aromatic N) is 1. The Labute approximate surface area is 152 Å². The van der Waals surface area contributed by atoms with Crippen molar-refractivity contribution in [2.45, 2.75) is 25.7 Å². The summed E-state index contributed by atoms with van der Waals surface area (Å²) < 4.78 is 13.1. The first-order chi connectivity index (χ1) is 12.6. The number of rotatable bonds is 5. The number of hydrazine groups is 1. The van der Waals surface area contributed by atoms with Crippen molar-refractivity contribution in [3.63, 3.8) is 0 Å². The number of carbonyl (C=O) groups excluding carboxylic acids is 2. The normalized spacial score (nSPS) is 13.0. The molecule has 1 aliphatic heterocycles. The average molecular weight is 355 g/mol. The van der Waals surface area contributed by atoms with Crippen LogP contribution in [0.1, 0.15) is 24.0 Å². The summed E-state index contributed by atoms with van der Waals surface area (Å²) in [6, 6.07) is 14.2. The molecule has 0 saturated heterocycles. The standard InChI is InChI=1S/C20H22FN3O2/c21-17-8-3-5-15(13-17)10-11-19(25)22-23-20(26)14-24-12-4-7-16-6-1-2-9-18(16)24/h1-3,5-6,8-9,13H,4,7,10-12,14H2,(H,22,25)(H,23,26). The maximum absolute atomic E-state index is 13.1. The minimum atomic E-state index is -0.321. The summed E-state index contributed by atoms with van der Waals surface area (Å²) in [5, 5.41) is 0. The molecule has 0 saturated carbocycles. The fourth-order valence-corrected chi connectivity index (χ4v) is 3.14. The van der Waals surface area contributed by atoms with Crippen LogP contribution in [0.3, 0.4) is 0 Å². The summed E-state index contributed by atoms with van der Waals surface area (Å²) in [5.41, 5.74) is 7.94. The number of hydrogen-bond donors (Lipinski definition) is 2. The minimum Gasteiger partial charge on any atom is -0.362 e. The largest absolute Gasteiger partial charge is 0.362 e. The number of benzene rings is 2. The van der Waals surface area contributed by atoms with Crippen molar-refractivity contribution >= 4 is 17.5 Å². The van der Waals surface area contributed by atoms with Gasteiger partial charge in [-0.2, -0.15) is 0 Å². The lowest BCUT2D eigenvalue weighted by Gasteiger charge is -2.30. The number of carbonyl (C=O) groups is 2. The lowest BCUT2D eigenvalue weighted by molar-refractivity contribution is -0.128. The molecule has 3 rings (SSSR count). The van der Waals surface area contributed by atoms with Crippen LogP contribution in [0.4, 0.5) is 10.1 Å². The van der Waals surface area contributed by atoms with E-state index in [1.54, 1.807) is 12.1 Å². The Bertz CT molecular complexity index is 794. The highest BCUT2D eigenvalue weighted by Crippen LogP contribution is 2.26. The van der Waals surface area contributed by atoms with Gasteiger partial charge in [0.15, 0.2) is 0 Å². The number of fused-ring (bicyclic) bond motifs is 1. The van der Waals surface area contributed by atoms with Gasteiger partial charge >= 0.3 is 0 Å². The second-order valence-corrected chi connectivity index (χ2v) is 6.38. The number of hydrogen-bond acceptors (Lipinski definition) is 3. The summed E-state index contributed by atoms with van der Waals surface area (Å²) in [5.74, 6) is -0.888. The molecule has 1 heterocycles. The molecular formula is C20H22FN3O2. The van der Waals surface area contributed by atoms with E-state index in [1.807, 2.05) is 23.1 Å². The molecule has 0 fully saturated rings. The van der Waals surface area contributed by atoms with E-state index in [0.717, 1.165) is 30.6 Å². The zero-order valence-electron chi connectivity index (χ0n) is 14.5. The summed E-state index contributed by atoms with van der Waals surface area (Å²) in [7, 11) is 0. The van der Waals surface area contributed by atoms with Gasteiger partial charge in [-0.25, -0.2) is 4.39 Å². The Balaban J connectivity index is 1.43. The number of anilines is 1. The third-order valence-corrected chi connectivity index (χ3v) is 4.41. The molecule has 2 aromatic rings. The highest BCUT2D eigenvalue weighted by molar-refractivity contribution is 5.85. The summed E-state index contributed by atoms with van der Waals surface area (Å²) in [6.07, 6.45) is 2.62. The Kier molecular flexibility index (Phi) is 5.84. The van der Waals surface area contributed by atoms with Crippen molar-refractivity contribution in [2.24, 2.45) is 0 Å². The number of amides is 2. The summed E-state index contributed by atoms with van der Waals surface area (Å²) in [6.45, 7) is 1.01. The molecule has 0 radical (unpaired) electrons. The topological polar surface area (TPSA) is 61.4 Å². The molecule has 6 heteroatoms. The zero-order chi connectivity index (χ0) is 18.4. The van der Waals surface area contributed by atoms with E-state index in [1.165, 1.54) is 17.7 Å². The van der Waals surface area contributed by atoms with Crippen LogP contribution in [0, 0.1) is 5.82 Å². The predicted octanol–water partition coefficient (Wildman–Crippen LogP) is 2.36. The van der Waals surface area contributed by atoms with Crippen LogP contribution >= 0.6 is 0 Å². The van der Waals surface area contributed by atoms with Gasteiger partial charge in [0.25, 0.3) is 5.91 Å². The Hall–Kier alpha value is -2.89. The number of halogens is 1. The van der Waals surface area contributed by atoms with Gasteiger partial charge in [0.2, 0.25) is 5.91 Å². The monoisotopic (exact) mass is 355 g/mol. The molecule has 2 aromatic carbocycles. The van der Waals surface area contributed by atoms with E-state index < -0.39 is 0 Å². The Morgan fingerprint density at radius 3 is 2.69 bits per heavy atom. The molecule has 0 bridgehead atoms. The first-order valence-electron chi connectivity index (χ1n) is 8.77. The molecule has 2 amide bonds. The quantitative estimate of drug-likeness (QED) is 0.810. The molecule has 0 spiro atoms. The van der Waals surface area contributed by atoms with Crippen LogP contribution in [-0.2, 0) is 22.4 Å². The SMILES string of the molecule is O=C(CCc1cccc(F)c1)NNC(=O)CN1CCCc2ccccc21. The molecule has 0 aromatic heterocycles. The molecule has 0 atom stereocenters. The maximum atomic E-state index is 13.1. The number of nitrogens with one attached hydrogen (secondary N) is 2. The van der Waals surface area contributed by atoms with Crippen LogP contribution in [0.15, 0.2) is 48.5 Å². The average Bonchev–Trinajstić information content (AvgIpc) is 2.65. The van der Waals surface area contributed by atoms with Gasteiger partial charge in [-0.3, -0.25) is 20.4 Å². The van der Waals surface area contributed by atoms with Gasteiger partial charge in [-0.15, -0.1) is 0 Å². The molecule has 0 unspecified atom stereocenters. The molecule has 2 N–H and O–H groups in total. The van der Waals surface area contributed by atoms with Crippen molar-refractivity contribution in [1.29, 1.82) is 0 Å². The first kappa shape index (κ1) is 17.9. The van der Waals surface area contributed by atoms with Gasteiger partial charge in [0, 0.05) is 18.7 Å². The summed E-state index contributed by atoms with van der Waals surface area (Å²) >= 11 is 0.